The van der Waals surface area contributed by atoms with E-state index in [9.17, 15) is 18.0 Å². The van der Waals surface area contributed by atoms with Gasteiger partial charge in [-0.15, -0.1) is 0 Å². The van der Waals surface area contributed by atoms with Gasteiger partial charge in [-0.1, -0.05) is 12.1 Å². The van der Waals surface area contributed by atoms with Crippen LogP contribution in [0.1, 0.15) is 12.0 Å². The van der Waals surface area contributed by atoms with Crippen LogP contribution in [0.15, 0.2) is 42.5 Å². The number of methoxy groups -OCH3 is 2. The monoisotopic (exact) mass is 368 g/mol. The number of rotatable bonds is 7. The second-order valence-corrected chi connectivity index (χ2v) is 5.33. The van der Waals surface area contributed by atoms with Gasteiger partial charge >= 0.3 is 6.18 Å². The average molecular weight is 368 g/mol. The number of nitrogens with one attached hydrogen (secondary N) is 2. The van der Waals surface area contributed by atoms with E-state index in [0.717, 1.165) is 6.07 Å². The molecule has 0 saturated heterocycles. The normalized spacial score (nSPS) is 11.0. The molecule has 2 aromatic rings. The third-order valence-electron chi connectivity index (χ3n) is 3.58. The van der Waals surface area contributed by atoms with Crippen LogP contribution in [0.2, 0.25) is 0 Å². The summed E-state index contributed by atoms with van der Waals surface area (Å²) in [5, 5.41) is 5.31. The van der Waals surface area contributed by atoms with Crippen molar-refractivity contribution in [2.45, 2.75) is 12.6 Å². The Morgan fingerprint density at radius 1 is 1.04 bits per heavy atom. The Kier molecular flexibility index (Phi) is 6.32. The summed E-state index contributed by atoms with van der Waals surface area (Å²) in [6.45, 7) is 0.0530. The van der Waals surface area contributed by atoms with Gasteiger partial charge in [0, 0.05) is 24.7 Å². The maximum atomic E-state index is 12.9. The molecule has 0 atom stereocenters. The van der Waals surface area contributed by atoms with E-state index in [2.05, 4.69) is 10.6 Å². The maximum absolute atomic E-state index is 12.9. The number of amides is 1. The highest BCUT2D eigenvalue weighted by atomic mass is 19.4. The summed E-state index contributed by atoms with van der Waals surface area (Å²) in [4.78, 5) is 12.0. The number of hydrogen-bond donors (Lipinski definition) is 2. The topological polar surface area (TPSA) is 59.6 Å². The molecule has 140 valence electrons. The lowest BCUT2D eigenvalue weighted by Gasteiger charge is -2.15. The highest BCUT2D eigenvalue weighted by molar-refractivity contribution is 5.92. The SMILES string of the molecule is COc1ccc(NC(=O)CCNc2ccccc2C(F)(F)F)c(OC)c1. The Hall–Kier alpha value is -2.90. The van der Waals surface area contributed by atoms with Crippen molar-refractivity contribution in [1.82, 2.24) is 0 Å². The van der Waals surface area contributed by atoms with Gasteiger partial charge in [0.15, 0.2) is 0 Å². The fourth-order valence-corrected chi connectivity index (χ4v) is 2.31. The van der Waals surface area contributed by atoms with Crippen LogP contribution in [0, 0.1) is 0 Å². The average Bonchev–Trinajstić information content (AvgIpc) is 2.61. The summed E-state index contributed by atoms with van der Waals surface area (Å²) in [7, 11) is 2.97. The first-order chi connectivity index (χ1) is 12.3. The Bertz CT molecular complexity index is 764. The molecule has 0 unspecified atom stereocenters. The maximum Gasteiger partial charge on any atom is 0.418 e. The molecule has 0 saturated carbocycles. The van der Waals surface area contributed by atoms with E-state index in [1.807, 2.05) is 0 Å². The Labute approximate surface area is 149 Å². The van der Waals surface area contributed by atoms with Crippen LogP contribution < -0.4 is 20.1 Å². The third-order valence-corrected chi connectivity index (χ3v) is 3.58. The number of benzene rings is 2. The smallest absolute Gasteiger partial charge is 0.418 e. The van der Waals surface area contributed by atoms with Crippen LogP contribution in [0.25, 0.3) is 0 Å². The summed E-state index contributed by atoms with van der Waals surface area (Å²) >= 11 is 0. The summed E-state index contributed by atoms with van der Waals surface area (Å²) in [6.07, 6.45) is -4.47. The molecule has 0 aliphatic carbocycles. The number of halogens is 3. The van der Waals surface area contributed by atoms with Gasteiger partial charge in [0.05, 0.1) is 25.5 Å². The van der Waals surface area contributed by atoms with E-state index >= 15 is 0 Å². The van der Waals surface area contributed by atoms with Gasteiger partial charge in [0.2, 0.25) is 5.91 Å². The number of para-hydroxylation sites is 1. The predicted octanol–water partition coefficient (Wildman–Crippen LogP) is 4.16. The second-order valence-electron chi connectivity index (χ2n) is 5.33. The predicted molar refractivity (Wildman–Crippen MR) is 92.7 cm³/mol. The zero-order valence-electron chi connectivity index (χ0n) is 14.3. The van der Waals surface area contributed by atoms with Crippen LogP contribution in [-0.4, -0.2) is 26.7 Å². The van der Waals surface area contributed by atoms with Crippen molar-refractivity contribution in [3.05, 3.63) is 48.0 Å². The van der Waals surface area contributed by atoms with Gasteiger partial charge in [0.1, 0.15) is 11.5 Å². The highest BCUT2D eigenvalue weighted by Crippen LogP contribution is 2.34. The molecule has 0 aromatic heterocycles. The van der Waals surface area contributed by atoms with Crippen molar-refractivity contribution in [2.75, 3.05) is 31.4 Å². The van der Waals surface area contributed by atoms with Crippen LogP contribution >= 0.6 is 0 Å². The number of carbonyl (C=O) groups excluding carboxylic acids is 1. The van der Waals surface area contributed by atoms with Gasteiger partial charge in [-0.3, -0.25) is 4.79 Å². The van der Waals surface area contributed by atoms with Crippen molar-refractivity contribution in [2.24, 2.45) is 0 Å². The van der Waals surface area contributed by atoms with E-state index in [-0.39, 0.29) is 24.6 Å². The van der Waals surface area contributed by atoms with E-state index in [4.69, 9.17) is 9.47 Å². The zero-order valence-corrected chi connectivity index (χ0v) is 14.3. The lowest BCUT2D eigenvalue weighted by molar-refractivity contribution is -0.137. The lowest BCUT2D eigenvalue weighted by Crippen LogP contribution is -2.18. The van der Waals surface area contributed by atoms with Crippen molar-refractivity contribution in [3.8, 4) is 11.5 Å². The molecule has 0 heterocycles. The van der Waals surface area contributed by atoms with Gasteiger partial charge in [-0.05, 0) is 24.3 Å². The molecule has 0 aliphatic heterocycles. The van der Waals surface area contributed by atoms with Gasteiger partial charge in [-0.25, -0.2) is 0 Å². The summed E-state index contributed by atoms with van der Waals surface area (Å²) in [5.74, 6) is 0.642. The van der Waals surface area contributed by atoms with E-state index < -0.39 is 11.7 Å². The first-order valence-electron chi connectivity index (χ1n) is 7.77. The highest BCUT2D eigenvalue weighted by Gasteiger charge is 2.33. The summed E-state index contributed by atoms with van der Waals surface area (Å²) in [5.41, 5.74) is -0.374. The fourth-order valence-electron chi connectivity index (χ4n) is 2.31. The van der Waals surface area contributed by atoms with Crippen LogP contribution in [-0.2, 0) is 11.0 Å². The van der Waals surface area contributed by atoms with Crippen molar-refractivity contribution >= 4 is 17.3 Å². The van der Waals surface area contributed by atoms with Gasteiger partial charge < -0.3 is 20.1 Å². The van der Waals surface area contributed by atoms with Crippen LogP contribution in [0.5, 0.6) is 11.5 Å². The van der Waals surface area contributed by atoms with Crippen molar-refractivity contribution in [1.29, 1.82) is 0 Å². The molecule has 0 radical (unpaired) electrons. The lowest BCUT2D eigenvalue weighted by atomic mass is 10.1. The molecule has 0 aliphatic rings. The molecule has 26 heavy (non-hydrogen) atoms. The quantitative estimate of drug-likeness (QED) is 0.770. The minimum Gasteiger partial charge on any atom is -0.497 e. The molecule has 1 amide bonds. The number of hydrogen-bond acceptors (Lipinski definition) is 4. The standard InChI is InChI=1S/C18H19F3N2O3/c1-25-12-7-8-15(16(11-12)26-2)23-17(24)9-10-22-14-6-4-3-5-13(14)18(19,20)21/h3-8,11,22H,9-10H2,1-2H3,(H,23,24). The molecule has 0 bridgehead atoms. The van der Waals surface area contributed by atoms with Crippen molar-refractivity contribution in [3.63, 3.8) is 0 Å². The van der Waals surface area contributed by atoms with Gasteiger partial charge in [0.25, 0.3) is 0 Å². The molecule has 5 nitrogen and oxygen atoms in total. The van der Waals surface area contributed by atoms with E-state index in [0.29, 0.717) is 17.2 Å². The number of alkyl halides is 3. The first-order valence-corrected chi connectivity index (χ1v) is 7.77. The zero-order chi connectivity index (χ0) is 19.2. The molecular formula is C18H19F3N2O3. The van der Waals surface area contributed by atoms with Crippen LogP contribution in [0.4, 0.5) is 24.5 Å². The molecule has 0 fully saturated rings. The molecule has 2 aromatic carbocycles. The third kappa shape index (κ3) is 5.05. The van der Waals surface area contributed by atoms with Crippen molar-refractivity contribution < 1.29 is 27.4 Å². The molecule has 8 heteroatoms. The molecular weight excluding hydrogens is 349 g/mol. The van der Waals surface area contributed by atoms with E-state index in [1.165, 1.54) is 32.4 Å². The number of carbonyl (C=O) groups is 1. The number of ether oxygens (including phenoxy) is 2. The minimum absolute atomic E-state index is 0.0125. The minimum atomic E-state index is -4.46. The van der Waals surface area contributed by atoms with Gasteiger partial charge in [-0.2, -0.15) is 13.2 Å². The Balaban J connectivity index is 1.95. The second kappa shape index (κ2) is 8.46. The summed E-state index contributed by atoms with van der Waals surface area (Å²) < 4.78 is 49.0. The largest absolute Gasteiger partial charge is 0.497 e. The number of anilines is 2. The van der Waals surface area contributed by atoms with E-state index in [1.54, 1.807) is 18.2 Å². The Morgan fingerprint density at radius 3 is 2.42 bits per heavy atom. The van der Waals surface area contributed by atoms with Crippen LogP contribution in [0.3, 0.4) is 0 Å². The fraction of sp³-hybridized carbons (Fsp3) is 0.278. The Morgan fingerprint density at radius 2 is 1.77 bits per heavy atom. The first kappa shape index (κ1) is 19.4. The summed E-state index contributed by atoms with van der Waals surface area (Å²) in [6, 6.07) is 10.0. The molecule has 2 N–H and O–H groups in total. The molecule has 2 rings (SSSR count). The molecule has 0 spiro atoms.